The molecule has 0 aliphatic rings. The van der Waals surface area contributed by atoms with Crippen LogP contribution in [0.1, 0.15) is 84.6 Å². The Bertz CT molecular complexity index is 1830. The molecule has 4 rings (SSSR count). The van der Waals surface area contributed by atoms with Crippen molar-refractivity contribution in [3.63, 3.8) is 0 Å². The predicted molar refractivity (Wildman–Crippen MR) is 241 cm³/mol. The zero-order chi connectivity index (χ0) is 40.9. The molecule has 0 fully saturated rings. The van der Waals surface area contributed by atoms with E-state index in [1.807, 2.05) is 42.5 Å². The van der Waals surface area contributed by atoms with Crippen molar-refractivity contribution in [1.29, 1.82) is 0 Å². The van der Waals surface area contributed by atoms with Gasteiger partial charge in [0.25, 0.3) is 0 Å². The van der Waals surface area contributed by atoms with Gasteiger partial charge in [0.15, 0.2) is 11.5 Å². The molecule has 8 heteroatoms. The lowest BCUT2D eigenvalue weighted by Crippen LogP contribution is -2.45. The molecule has 0 N–H and O–H groups in total. The lowest BCUT2D eigenvalue weighted by Gasteiger charge is -2.40. The van der Waals surface area contributed by atoms with Crippen molar-refractivity contribution in [1.82, 2.24) is 0 Å². The Morgan fingerprint density at radius 3 is 1.33 bits per heavy atom. The summed E-state index contributed by atoms with van der Waals surface area (Å²) in [5.41, 5.74) is 4.28. The van der Waals surface area contributed by atoms with Gasteiger partial charge in [-0.25, -0.2) is 0 Å². The van der Waals surface area contributed by atoms with Gasteiger partial charge in [-0.1, -0.05) is 141 Å². The van der Waals surface area contributed by atoms with Crippen LogP contribution in [-0.2, 0) is 19.6 Å². The molecular formula is C47H68O5Si3. The Hall–Kier alpha value is -3.73. The summed E-state index contributed by atoms with van der Waals surface area (Å²) >= 11 is 0. The minimum atomic E-state index is -2.24. The van der Waals surface area contributed by atoms with Crippen LogP contribution in [0.3, 0.4) is 0 Å². The number of rotatable bonds is 15. The van der Waals surface area contributed by atoms with Crippen LogP contribution in [0, 0.1) is 0 Å². The van der Waals surface area contributed by atoms with E-state index in [9.17, 15) is 0 Å². The highest BCUT2D eigenvalue weighted by atomic mass is 28.4. The van der Waals surface area contributed by atoms with Crippen LogP contribution in [0.2, 0.25) is 54.4 Å². The highest BCUT2D eigenvalue weighted by Gasteiger charge is 2.43. The third-order valence-corrected chi connectivity index (χ3v) is 24.8. The van der Waals surface area contributed by atoms with E-state index in [4.69, 9.17) is 22.8 Å². The van der Waals surface area contributed by atoms with Crippen molar-refractivity contribution in [2.45, 2.75) is 136 Å². The second-order valence-electron chi connectivity index (χ2n) is 19.3. The van der Waals surface area contributed by atoms with Crippen molar-refractivity contribution >= 4 is 31.0 Å². The van der Waals surface area contributed by atoms with Crippen molar-refractivity contribution in [3.05, 3.63) is 119 Å². The predicted octanol–water partition coefficient (Wildman–Crippen LogP) is 14.3. The average Bonchev–Trinajstić information content (AvgIpc) is 3.07. The van der Waals surface area contributed by atoms with Crippen LogP contribution < -0.4 is 22.8 Å². The first kappa shape index (κ1) is 44.0. The van der Waals surface area contributed by atoms with E-state index in [2.05, 4.69) is 162 Å². The third kappa shape index (κ3) is 11.9. The molecule has 0 heterocycles. The van der Waals surface area contributed by atoms with Gasteiger partial charge in [-0.05, 0) is 89.6 Å². The first-order chi connectivity index (χ1) is 25.4. The van der Waals surface area contributed by atoms with Crippen molar-refractivity contribution in [2.75, 3.05) is 0 Å². The molecule has 0 saturated carbocycles. The average molecular weight is 797 g/mol. The molecule has 0 spiro atoms. The largest absolute Gasteiger partial charge is 0.543 e. The summed E-state index contributed by atoms with van der Waals surface area (Å²) < 4.78 is 34.1. The molecule has 4 aromatic rings. The van der Waals surface area contributed by atoms with E-state index in [0.29, 0.717) is 31.1 Å². The lowest BCUT2D eigenvalue weighted by molar-refractivity contribution is 0.256. The summed E-state index contributed by atoms with van der Waals surface area (Å²) in [6.45, 7) is 35.3. The number of benzene rings is 4. The molecule has 5 nitrogen and oxygen atoms in total. The van der Waals surface area contributed by atoms with Gasteiger partial charge < -0.3 is 22.8 Å². The minimum Gasteiger partial charge on any atom is -0.543 e. The molecule has 0 bridgehead atoms. The molecule has 4 aromatic carbocycles. The van der Waals surface area contributed by atoms with Crippen molar-refractivity contribution in [3.8, 4) is 28.7 Å². The Kier molecular flexibility index (Phi) is 13.7. The highest BCUT2D eigenvalue weighted by Crippen LogP contribution is 2.46. The Labute approximate surface area is 336 Å². The molecule has 0 aliphatic heterocycles. The van der Waals surface area contributed by atoms with Gasteiger partial charge in [0, 0.05) is 17.7 Å². The fourth-order valence-corrected chi connectivity index (χ4v) is 8.08. The zero-order valence-electron chi connectivity index (χ0n) is 36.5. The first-order valence-corrected chi connectivity index (χ1v) is 28.5. The molecule has 0 atom stereocenters. The summed E-state index contributed by atoms with van der Waals surface area (Å²) in [4.78, 5) is 0. The standard InChI is InChI=1S/C47H68O5Si3/c1-45(2,3)53(10,11)50-39-32-42(51-54(12,13)46(4,5)6)40(43(33-39)52-55(14,15)47(7,8)9)28-22-27-36-29-30-41(48-34-37-23-18-16-19-24-37)44(31-36)49-35-38-25-20-17-21-26-38/h16-27,29-33H,28,34-35H2,1-15H3/b27-22+. The Balaban J connectivity index is 1.77. The monoisotopic (exact) mass is 796 g/mol. The fourth-order valence-electron chi connectivity index (χ4n) is 4.99. The summed E-state index contributed by atoms with van der Waals surface area (Å²) in [5, 5.41) is 0.0653. The molecule has 55 heavy (non-hydrogen) atoms. The molecule has 0 saturated heterocycles. The minimum absolute atomic E-state index is 0.0112. The number of allylic oxidation sites excluding steroid dienone is 1. The van der Waals surface area contributed by atoms with Crippen molar-refractivity contribution < 1.29 is 22.8 Å². The van der Waals surface area contributed by atoms with Gasteiger partial charge in [-0.2, -0.15) is 0 Å². The summed E-state index contributed by atoms with van der Waals surface area (Å²) in [6.07, 6.45) is 4.99. The van der Waals surface area contributed by atoms with Gasteiger partial charge in [0.2, 0.25) is 25.0 Å². The van der Waals surface area contributed by atoms with E-state index in [-0.39, 0.29) is 15.1 Å². The van der Waals surface area contributed by atoms with Crippen LogP contribution in [0.15, 0.2) is 97.1 Å². The summed E-state index contributed by atoms with van der Waals surface area (Å²) in [6, 6.07) is 30.9. The molecule has 0 aromatic heterocycles. The molecule has 298 valence electrons. The third-order valence-electron chi connectivity index (χ3n) is 11.7. The number of hydrogen-bond acceptors (Lipinski definition) is 5. The normalized spacial score (nSPS) is 13.1. The summed E-state index contributed by atoms with van der Waals surface area (Å²) in [5.74, 6) is 3.96. The van der Waals surface area contributed by atoms with Crippen LogP contribution >= 0.6 is 0 Å². The van der Waals surface area contributed by atoms with Gasteiger partial charge in [0.1, 0.15) is 30.5 Å². The van der Waals surface area contributed by atoms with E-state index in [1.54, 1.807) is 0 Å². The fraction of sp³-hybridized carbons (Fsp3) is 0.447. The smallest absolute Gasteiger partial charge is 0.250 e. The molecule has 0 aliphatic carbocycles. The maximum Gasteiger partial charge on any atom is 0.250 e. The second kappa shape index (κ2) is 17.2. The van der Waals surface area contributed by atoms with Crippen LogP contribution in [0.4, 0.5) is 0 Å². The van der Waals surface area contributed by atoms with Gasteiger partial charge in [-0.3, -0.25) is 0 Å². The number of ether oxygens (including phenoxy) is 2. The van der Waals surface area contributed by atoms with Crippen LogP contribution in [0.5, 0.6) is 28.7 Å². The van der Waals surface area contributed by atoms with E-state index < -0.39 is 25.0 Å². The molecular weight excluding hydrogens is 729 g/mol. The molecule has 0 amide bonds. The summed E-state index contributed by atoms with van der Waals surface area (Å²) in [7, 11) is -6.64. The van der Waals surface area contributed by atoms with Crippen LogP contribution in [-0.4, -0.2) is 25.0 Å². The second-order valence-corrected chi connectivity index (χ2v) is 33.5. The molecule has 0 unspecified atom stereocenters. The Morgan fingerprint density at radius 1 is 0.473 bits per heavy atom. The van der Waals surface area contributed by atoms with E-state index in [1.165, 1.54) is 0 Å². The van der Waals surface area contributed by atoms with Crippen molar-refractivity contribution in [2.24, 2.45) is 0 Å². The van der Waals surface area contributed by atoms with E-state index >= 15 is 0 Å². The Morgan fingerprint density at radius 2 is 0.891 bits per heavy atom. The number of hydrogen-bond donors (Lipinski definition) is 0. The van der Waals surface area contributed by atoms with Gasteiger partial charge >= 0.3 is 0 Å². The van der Waals surface area contributed by atoms with E-state index in [0.717, 1.165) is 39.5 Å². The van der Waals surface area contributed by atoms with Crippen LogP contribution in [0.25, 0.3) is 6.08 Å². The first-order valence-electron chi connectivity index (χ1n) is 19.8. The molecule has 0 radical (unpaired) electrons. The highest BCUT2D eigenvalue weighted by molar-refractivity contribution is 6.75. The zero-order valence-corrected chi connectivity index (χ0v) is 39.5. The SMILES string of the molecule is CC(C)(C)[Si](C)(C)Oc1cc(O[Si](C)(C)C(C)(C)C)c(C/C=C/c2ccc(OCc3ccccc3)c(OCc3ccccc3)c2)c(O[Si](C)(C)C(C)(C)C)c1. The quantitative estimate of drug-likeness (QED) is 0.112. The van der Waals surface area contributed by atoms with Gasteiger partial charge in [0.05, 0.1) is 0 Å². The maximum atomic E-state index is 7.19. The maximum absolute atomic E-state index is 7.19. The lowest BCUT2D eigenvalue weighted by atomic mass is 10.1. The topological polar surface area (TPSA) is 46.2 Å². The van der Waals surface area contributed by atoms with Gasteiger partial charge in [-0.15, -0.1) is 0 Å².